The van der Waals surface area contributed by atoms with Crippen LogP contribution in [0.4, 0.5) is 0 Å². The number of amides is 2. The highest BCUT2D eigenvalue weighted by Crippen LogP contribution is 2.23. The third-order valence-electron chi connectivity index (χ3n) is 4.51. The van der Waals surface area contributed by atoms with E-state index >= 15 is 0 Å². The molecular weight excluding hydrogens is 388 g/mol. The summed E-state index contributed by atoms with van der Waals surface area (Å²) in [7, 11) is -1.66. The maximum absolute atomic E-state index is 12.8. The lowest BCUT2D eigenvalue weighted by Gasteiger charge is -2.27. The van der Waals surface area contributed by atoms with Crippen molar-refractivity contribution in [2.45, 2.75) is 31.3 Å². The minimum atomic E-state index is -3.14. The van der Waals surface area contributed by atoms with Crippen LogP contribution in [0, 0.1) is 0 Å². The Morgan fingerprint density at radius 2 is 2.04 bits per heavy atom. The third kappa shape index (κ3) is 5.87. The molecule has 0 aliphatic carbocycles. The van der Waals surface area contributed by atoms with E-state index in [9.17, 15) is 18.0 Å². The lowest BCUT2D eigenvalue weighted by atomic mass is 10.0. The molecule has 2 rings (SSSR count). The second-order valence-electron chi connectivity index (χ2n) is 6.90. The minimum absolute atomic E-state index is 0.0623. The van der Waals surface area contributed by atoms with Gasteiger partial charge in [-0.2, -0.15) is 11.8 Å². The van der Waals surface area contributed by atoms with Crippen molar-refractivity contribution in [3.8, 4) is 5.75 Å². The molecule has 27 heavy (non-hydrogen) atoms. The second-order valence-corrected chi connectivity index (χ2v) is 10.1. The first kappa shape index (κ1) is 21.6. The van der Waals surface area contributed by atoms with Crippen molar-refractivity contribution in [2.24, 2.45) is 0 Å². The van der Waals surface area contributed by atoms with Crippen LogP contribution in [0.2, 0.25) is 0 Å². The van der Waals surface area contributed by atoms with E-state index in [1.807, 2.05) is 6.26 Å². The number of rotatable bonds is 8. The van der Waals surface area contributed by atoms with E-state index in [-0.39, 0.29) is 17.4 Å². The van der Waals surface area contributed by atoms with Gasteiger partial charge >= 0.3 is 0 Å². The van der Waals surface area contributed by atoms with Crippen molar-refractivity contribution in [2.75, 3.05) is 30.6 Å². The zero-order valence-electron chi connectivity index (χ0n) is 15.8. The second kappa shape index (κ2) is 8.97. The van der Waals surface area contributed by atoms with Crippen LogP contribution < -0.4 is 15.4 Å². The van der Waals surface area contributed by atoms with Gasteiger partial charge in [-0.3, -0.25) is 9.59 Å². The molecule has 1 aliphatic rings. The average molecular weight is 415 g/mol. The Labute approximate surface area is 164 Å². The molecule has 0 spiro atoms. The fourth-order valence-electron chi connectivity index (χ4n) is 3.07. The first-order valence-electron chi connectivity index (χ1n) is 8.65. The first-order chi connectivity index (χ1) is 12.7. The minimum Gasteiger partial charge on any atom is -0.496 e. The van der Waals surface area contributed by atoms with Crippen LogP contribution in [0.1, 0.15) is 30.1 Å². The molecule has 1 heterocycles. The summed E-state index contributed by atoms with van der Waals surface area (Å²) in [6, 6.07) is 6.03. The van der Waals surface area contributed by atoms with E-state index in [1.54, 1.807) is 43.0 Å². The van der Waals surface area contributed by atoms with Crippen LogP contribution in [0.25, 0.3) is 0 Å². The van der Waals surface area contributed by atoms with Crippen molar-refractivity contribution >= 4 is 33.4 Å². The number of methoxy groups -OCH3 is 1. The molecule has 2 atom stereocenters. The Balaban J connectivity index is 2.12. The number of hydrogen-bond donors (Lipinski definition) is 2. The molecule has 2 amide bonds. The average Bonchev–Trinajstić information content (AvgIpc) is 2.90. The summed E-state index contributed by atoms with van der Waals surface area (Å²) in [6.07, 6.45) is 2.73. The Bertz CT molecular complexity index is 797. The Hall–Kier alpha value is -1.74. The largest absolute Gasteiger partial charge is 0.496 e. The van der Waals surface area contributed by atoms with Crippen molar-refractivity contribution in [1.82, 2.24) is 10.6 Å². The number of carbonyl (C=O) groups is 2. The molecule has 0 aromatic heterocycles. The van der Waals surface area contributed by atoms with E-state index in [0.29, 0.717) is 29.9 Å². The maximum Gasteiger partial charge on any atom is 0.255 e. The van der Waals surface area contributed by atoms with Gasteiger partial charge in [-0.05, 0) is 43.9 Å². The molecule has 0 saturated carbocycles. The molecule has 2 N–H and O–H groups in total. The summed E-state index contributed by atoms with van der Waals surface area (Å²) >= 11 is 1.57. The Morgan fingerprint density at radius 1 is 1.33 bits per heavy atom. The van der Waals surface area contributed by atoms with Crippen molar-refractivity contribution in [1.29, 1.82) is 0 Å². The van der Waals surface area contributed by atoms with Crippen molar-refractivity contribution in [3.63, 3.8) is 0 Å². The number of thioether (sulfide) groups is 1. The quantitative estimate of drug-likeness (QED) is 0.664. The van der Waals surface area contributed by atoms with Crippen LogP contribution in [0.3, 0.4) is 0 Å². The molecule has 0 bridgehead atoms. The molecule has 1 fully saturated rings. The maximum atomic E-state index is 12.8. The summed E-state index contributed by atoms with van der Waals surface area (Å²) in [5, 5.41) is 5.59. The first-order valence-corrected chi connectivity index (χ1v) is 11.9. The summed E-state index contributed by atoms with van der Waals surface area (Å²) < 4.78 is 28.7. The predicted molar refractivity (Wildman–Crippen MR) is 107 cm³/mol. The van der Waals surface area contributed by atoms with Gasteiger partial charge in [0.15, 0.2) is 9.84 Å². The number of benzene rings is 1. The molecule has 7 nitrogen and oxygen atoms in total. The predicted octanol–water partition coefficient (Wildman–Crippen LogP) is 1.24. The van der Waals surface area contributed by atoms with Crippen LogP contribution in [-0.4, -0.2) is 62.4 Å². The third-order valence-corrected chi connectivity index (χ3v) is 7.06. The number of hydrogen-bond acceptors (Lipinski definition) is 6. The summed E-state index contributed by atoms with van der Waals surface area (Å²) in [6.45, 7) is 1.73. The van der Waals surface area contributed by atoms with Crippen molar-refractivity contribution < 1.29 is 22.7 Å². The Kier molecular flexibility index (Phi) is 7.16. The van der Waals surface area contributed by atoms with Crippen molar-refractivity contribution in [3.05, 3.63) is 29.8 Å². The standard InChI is InChI=1S/C18H26N2O5S2/c1-18(9-11-27(23,24)12-18)20-17(22)14(8-10-26-3)19-16(21)13-6-4-5-7-15(13)25-2/h4-7,14H,8-12H2,1-3H3,(H,19,21)(H,20,22)/t14-,18+/m1/s1. The van der Waals surface area contributed by atoms with Crippen LogP contribution >= 0.6 is 11.8 Å². The molecule has 1 aromatic carbocycles. The lowest BCUT2D eigenvalue weighted by molar-refractivity contribution is -0.124. The smallest absolute Gasteiger partial charge is 0.255 e. The fraction of sp³-hybridized carbons (Fsp3) is 0.556. The van der Waals surface area contributed by atoms with Crippen LogP contribution in [0.5, 0.6) is 5.75 Å². The van der Waals surface area contributed by atoms with Gasteiger partial charge in [0.25, 0.3) is 5.91 Å². The van der Waals surface area contributed by atoms with Crippen LogP contribution in [-0.2, 0) is 14.6 Å². The number of carbonyl (C=O) groups excluding carboxylic acids is 2. The number of para-hydroxylation sites is 1. The monoisotopic (exact) mass is 414 g/mol. The topological polar surface area (TPSA) is 102 Å². The molecule has 0 unspecified atom stereocenters. The fourth-order valence-corrected chi connectivity index (χ4v) is 5.63. The van der Waals surface area contributed by atoms with Gasteiger partial charge in [0.05, 0.1) is 29.7 Å². The SMILES string of the molecule is COc1ccccc1C(=O)N[C@H](CCSC)C(=O)N[C@@]1(C)CCS(=O)(=O)C1. The summed E-state index contributed by atoms with van der Waals surface area (Å²) in [4.78, 5) is 25.4. The Morgan fingerprint density at radius 3 is 2.63 bits per heavy atom. The van der Waals surface area contributed by atoms with E-state index in [0.717, 1.165) is 0 Å². The number of nitrogens with one attached hydrogen (secondary N) is 2. The molecular formula is C18H26N2O5S2. The van der Waals surface area contributed by atoms with Gasteiger partial charge in [-0.15, -0.1) is 0 Å². The van der Waals surface area contributed by atoms with Gasteiger partial charge in [-0.25, -0.2) is 8.42 Å². The number of sulfone groups is 1. The van der Waals surface area contributed by atoms with Gasteiger partial charge in [0.2, 0.25) is 5.91 Å². The highest BCUT2D eigenvalue weighted by molar-refractivity contribution is 7.98. The van der Waals surface area contributed by atoms with E-state index in [2.05, 4.69) is 10.6 Å². The lowest BCUT2D eigenvalue weighted by Crippen LogP contribution is -2.55. The molecule has 150 valence electrons. The zero-order chi connectivity index (χ0) is 20.1. The van der Waals surface area contributed by atoms with Gasteiger partial charge in [0.1, 0.15) is 11.8 Å². The number of ether oxygens (including phenoxy) is 1. The van der Waals surface area contributed by atoms with E-state index in [4.69, 9.17) is 4.74 Å². The highest BCUT2D eigenvalue weighted by atomic mass is 32.2. The normalized spacial score (nSPS) is 22.0. The van der Waals surface area contributed by atoms with Crippen LogP contribution in [0.15, 0.2) is 24.3 Å². The molecule has 1 aliphatic heterocycles. The van der Waals surface area contributed by atoms with Gasteiger partial charge in [0, 0.05) is 0 Å². The summed E-state index contributed by atoms with van der Waals surface area (Å²) in [5.41, 5.74) is -0.459. The molecule has 1 saturated heterocycles. The van der Waals surface area contributed by atoms with E-state index in [1.165, 1.54) is 7.11 Å². The summed E-state index contributed by atoms with van der Waals surface area (Å²) in [5.74, 6) is 0.311. The molecule has 9 heteroatoms. The van der Waals surface area contributed by atoms with Gasteiger partial charge < -0.3 is 15.4 Å². The van der Waals surface area contributed by atoms with E-state index < -0.39 is 27.3 Å². The molecule has 0 radical (unpaired) electrons. The highest BCUT2D eigenvalue weighted by Gasteiger charge is 2.40. The molecule has 1 aromatic rings. The zero-order valence-corrected chi connectivity index (χ0v) is 17.4. The van der Waals surface area contributed by atoms with Gasteiger partial charge in [-0.1, -0.05) is 12.1 Å².